The highest BCUT2D eigenvalue weighted by atomic mass is 16.5. The first-order valence-corrected chi connectivity index (χ1v) is 9.03. The molecule has 0 spiro atoms. The zero-order chi connectivity index (χ0) is 21.5. The Morgan fingerprint density at radius 3 is 2.70 bits per heavy atom. The third-order valence-electron chi connectivity index (χ3n) is 4.93. The number of carbonyl (C=O) groups is 2. The van der Waals surface area contributed by atoms with E-state index in [1.165, 1.54) is 17.9 Å². The Kier molecular flexibility index (Phi) is 4.47. The largest absolute Gasteiger partial charge is 0.497 e. The van der Waals surface area contributed by atoms with Crippen molar-refractivity contribution in [1.29, 1.82) is 0 Å². The van der Waals surface area contributed by atoms with E-state index in [4.69, 9.17) is 4.74 Å². The first kappa shape index (κ1) is 19.1. The van der Waals surface area contributed by atoms with Crippen LogP contribution in [0.2, 0.25) is 0 Å². The Labute approximate surface area is 170 Å². The van der Waals surface area contributed by atoms with E-state index in [-0.39, 0.29) is 18.0 Å². The van der Waals surface area contributed by atoms with Crippen molar-refractivity contribution in [3.05, 3.63) is 58.1 Å². The van der Waals surface area contributed by atoms with Crippen LogP contribution < -0.4 is 20.9 Å². The highest BCUT2D eigenvalue weighted by Crippen LogP contribution is 2.31. The van der Waals surface area contributed by atoms with Crippen LogP contribution in [-0.2, 0) is 11.3 Å². The molecule has 0 bridgehead atoms. The minimum atomic E-state index is -1.60. The third-order valence-corrected chi connectivity index (χ3v) is 4.93. The van der Waals surface area contributed by atoms with Gasteiger partial charge in [-0.2, -0.15) is 0 Å². The zero-order valence-electron chi connectivity index (χ0n) is 16.2. The van der Waals surface area contributed by atoms with Gasteiger partial charge < -0.3 is 24.7 Å². The maximum absolute atomic E-state index is 12.6. The molecule has 0 unspecified atom stereocenters. The van der Waals surface area contributed by atoms with Gasteiger partial charge in [0.25, 0.3) is 11.5 Å². The molecule has 4 N–H and O–H groups in total. The molecule has 9 heteroatoms. The minimum absolute atomic E-state index is 0.0843. The fraction of sp³-hybridized carbons (Fsp3) is 0.190. The number of rotatable bonds is 3. The summed E-state index contributed by atoms with van der Waals surface area (Å²) in [5, 5.41) is 16.7. The van der Waals surface area contributed by atoms with Crippen molar-refractivity contribution in [1.82, 2.24) is 20.2 Å². The SMILES string of the molecule is COc1ccc2cn(C[C@@]3(C#Cc4c[nH]c(=O)c(C)c4)NC(=O)NC3=O)c(O)c2c1. The summed E-state index contributed by atoms with van der Waals surface area (Å²) in [5.74, 6) is 5.50. The van der Waals surface area contributed by atoms with Crippen LogP contribution in [0.25, 0.3) is 10.8 Å². The molecule has 152 valence electrons. The number of urea groups is 1. The van der Waals surface area contributed by atoms with Crippen molar-refractivity contribution >= 4 is 22.7 Å². The molecule has 1 aliphatic rings. The van der Waals surface area contributed by atoms with Gasteiger partial charge in [0, 0.05) is 34.3 Å². The number of carbonyl (C=O) groups excluding carboxylic acids is 2. The molecule has 1 aliphatic heterocycles. The molecule has 0 radical (unpaired) electrons. The van der Waals surface area contributed by atoms with E-state index in [0.717, 1.165) is 5.39 Å². The quantitative estimate of drug-likeness (QED) is 0.381. The van der Waals surface area contributed by atoms with Crippen LogP contribution in [0.4, 0.5) is 4.79 Å². The van der Waals surface area contributed by atoms with Crippen LogP contribution in [0.1, 0.15) is 11.1 Å². The first-order valence-electron chi connectivity index (χ1n) is 9.03. The zero-order valence-corrected chi connectivity index (χ0v) is 16.2. The van der Waals surface area contributed by atoms with E-state index in [1.54, 1.807) is 37.4 Å². The van der Waals surface area contributed by atoms with Gasteiger partial charge in [-0.1, -0.05) is 11.8 Å². The Morgan fingerprint density at radius 2 is 2.03 bits per heavy atom. The number of nitrogens with one attached hydrogen (secondary N) is 3. The van der Waals surface area contributed by atoms with Gasteiger partial charge in [0.1, 0.15) is 5.75 Å². The van der Waals surface area contributed by atoms with Gasteiger partial charge in [-0.3, -0.25) is 14.9 Å². The van der Waals surface area contributed by atoms with Crippen LogP contribution >= 0.6 is 0 Å². The molecule has 1 atom stereocenters. The number of nitrogens with zero attached hydrogens (tertiary/aromatic N) is 1. The second-order valence-electron chi connectivity index (χ2n) is 7.00. The summed E-state index contributed by atoms with van der Waals surface area (Å²) in [7, 11) is 1.52. The number of imide groups is 1. The van der Waals surface area contributed by atoms with Crippen LogP contribution in [0.15, 0.2) is 41.5 Å². The van der Waals surface area contributed by atoms with E-state index in [9.17, 15) is 19.5 Å². The number of ether oxygens (including phenoxy) is 1. The van der Waals surface area contributed by atoms with E-state index in [1.807, 2.05) is 0 Å². The number of amides is 3. The molecule has 9 nitrogen and oxygen atoms in total. The molecule has 30 heavy (non-hydrogen) atoms. The predicted octanol–water partition coefficient (Wildman–Crippen LogP) is 0.982. The summed E-state index contributed by atoms with van der Waals surface area (Å²) in [6.07, 6.45) is 3.09. The molecule has 1 aromatic carbocycles. The van der Waals surface area contributed by atoms with Crippen molar-refractivity contribution < 1.29 is 19.4 Å². The van der Waals surface area contributed by atoms with E-state index in [2.05, 4.69) is 27.5 Å². The van der Waals surface area contributed by atoms with Gasteiger partial charge >= 0.3 is 6.03 Å². The molecule has 1 fully saturated rings. The van der Waals surface area contributed by atoms with E-state index in [0.29, 0.717) is 22.3 Å². The number of H-pyrrole nitrogens is 1. The maximum Gasteiger partial charge on any atom is 0.323 e. The molecule has 1 saturated heterocycles. The highest BCUT2D eigenvalue weighted by molar-refractivity contribution is 6.09. The standard InChI is InChI=1S/C21H18N4O5/c1-12-7-13(9-22-17(12)26)5-6-21(19(28)23-20(29)24-21)11-25-10-14-3-4-15(30-2)8-16(14)18(25)27/h3-4,7-10,27H,11H2,1-2H3,(H,22,26)(H2,23,24,28,29)/t21-/m1/s1. The molecule has 3 heterocycles. The Hall–Kier alpha value is -4.19. The number of benzene rings is 1. The van der Waals surface area contributed by atoms with Gasteiger partial charge in [0.05, 0.1) is 13.7 Å². The number of aromatic amines is 1. The number of methoxy groups -OCH3 is 1. The normalized spacial score (nSPS) is 17.9. The smallest absolute Gasteiger partial charge is 0.323 e. The molecule has 2 aromatic heterocycles. The van der Waals surface area contributed by atoms with E-state index >= 15 is 0 Å². The van der Waals surface area contributed by atoms with E-state index < -0.39 is 17.5 Å². The number of hydrogen-bond acceptors (Lipinski definition) is 5. The fourth-order valence-electron chi connectivity index (χ4n) is 3.31. The summed E-state index contributed by atoms with van der Waals surface area (Å²) >= 11 is 0. The third kappa shape index (κ3) is 3.24. The molecular formula is C21H18N4O5. The number of aromatic nitrogens is 2. The summed E-state index contributed by atoms with van der Waals surface area (Å²) in [6, 6.07) is 6.12. The fourth-order valence-corrected chi connectivity index (χ4v) is 3.31. The molecule has 0 aliphatic carbocycles. The van der Waals surface area contributed by atoms with Crippen LogP contribution in [0.3, 0.4) is 0 Å². The van der Waals surface area contributed by atoms with Crippen LogP contribution in [0.5, 0.6) is 11.6 Å². The summed E-state index contributed by atoms with van der Waals surface area (Å²) in [4.78, 5) is 38.6. The topological polar surface area (TPSA) is 125 Å². The number of pyridine rings is 1. The van der Waals surface area contributed by atoms with Crippen molar-refractivity contribution in [2.45, 2.75) is 19.0 Å². The second kappa shape index (κ2) is 7.00. The lowest BCUT2D eigenvalue weighted by molar-refractivity contribution is -0.122. The molecule has 4 rings (SSSR count). The Balaban J connectivity index is 1.77. The summed E-state index contributed by atoms with van der Waals surface area (Å²) in [5.41, 5.74) is -0.884. The van der Waals surface area contributed by atoms with Crippen molar-refractivity contribution in [2.24, 2.45) is 0 Å². The Morgan fingerprint density at radius 1 is 1.23 bits per heavy atom. The van der Waals surface area contributed by atoms with Gasteiger partial charge in [0.2, 0.25) is 5.54 Å². The number of hydrogen-bond donors (Lipinski definition) is 4. The van der Waals surface area contributed by atoms with Crippen LogP contribution in [0, 0.1) is 18.8 Å². The Bertz CT molecular complexity index is 1310. The van der Waals surface area contributed by atoms with Gasteiger partial charge in [-0.25, -0.2) is 4.79 Å². The average molecular weight is 406 g/mol. The molecular weight excluding hydrogens is 388 g/mol. The number of aryl methyl sites for hydroxylation is 1. The van der Waals surface area contributed by atoms with Crippen molar-refractivity contribution in [2.75, 3.05) is 7.11 Å². The van der Waals surface area contributed by atoms with Crippen molar-refractivity contribution in [3.63, 3.8) is 0 Å². The number of aromatic hydroxyl groups is 1. The number of fused-ring (bicyclic) bond motifs is 1. The lowest BCUT2D eigenvalue weighted by Crippen LogP contribution is -2.49. The predicted molar refractivity (Wildman–Crippen MR) is 108 cm³/mol. The molecule has 3 amide bonds. The first-order chi connectivity index (χ1) is 14.3. The second-order valence-corrected chi connectivity index (χ2v) is 7.00. The monoisotopic (exact) mass is 406 g/mol. The summed E-state index contributed by atoms with van der Waals surface area (Å²) < 4.78 is 6.63. The maximum atomic E-state index is 12.6. The lowest BCUT2D eigenvalue weighted by atomic mass is 10.00. The average Bonchev–Trinajstić information content (AvgIpc) is 3.18. The van der Waals surface area contributed by atoms with Gasteiger partial charge in [-0.05, 0) is 31.2 Å². The van der Waals surface area contributed by atoms with Gasteiger partial charge in [0.15, 0.2) is 5.88 Å². The lowest BCUT2D eigenvalue weighted by Gasteiger charge is -2.20. The van der Waals surface area contributed by atoms with Crippen LogP contribution in [-0.4, -0.2) is 39.2 Å². The summed E-state index contributed by atoms with van der Waals surface area (Å²) in [6.45, 7) is 1.52. The minimum Gasteiger partial charge on any atom is -0.497 e. The molecule has 3 aromatic rings. The van der Waals surface area contributed by atoms with Crippen molar-refractivity contribution in [3.8, 4) is 23.5 Å². The molecule has 0 saturated carbocycles. The van der Waals surface area contributed by atoms with Gasteiger partial charge in [-0.15, -0.1) is 0 Å². The highest BCUT2D eigenvalue weighted by Gasteiger charge is 2.46.